The minimum atomic E-state index is -0.349. The van der Waals surface area contributed by atoms with Crippen molar-refractivity contribution in [2.24, 2.45) is 5.73 Å². The first kappa shape index (κ1) is 24.6. The van der Waals surface area contributed by atoms with Crippen LogP contribution in [-0.4, -0.2) is 19.9 Å². The van der Waals surface area contributed by atoms with Crippen LogP contribution in [0.15, 0.2) is 97.6 Å². The molecule has 4 aromatic heterocycles. The first-order valence-electron chi connectivity index (χ1n) is 11.7. The zero-order chi connectivity index (χ0) is 26.5. The van der Waals surface area contributed by atoms with Gasteiger partial charge >= 0.3 is 0 Å². The Bertz CT molecular complexity index is 1810. The molecule has 4 heterocycles. The summed E-state index contributed by atoms with van der Waals surface area (Å²) in [5.41, 5.74) is 11.1. The predicted molar refractivity (Wildman–Crippen MR) is 142 cm³/mol. The van der Waals surface area contributed by atoms with Crippen LogP contribution in [0.3, 0.4) is 0 Å². The van der Waals surface area contributed by atoms with Gasteiger partial charge in [-0.1, -0.05) is 24.3 Å². The van der Waals surface area contributed by atoms with Crippen LogP contribution in [0.5, 0.6) is 0 Å². The Morgan fingerprint density at radius 2 is 1.26 bits per heavy atom. The number of rotatable bonds is 3. The molecular weight excluding hydrogens is 482 g/mol. The maximum atomic E-state index is 13.3. The molecule has 0 unspecified atom stereocenters. The number of pyridine rings is 4. The molecule has 6 nitrogen and oxygen atoms in total. The lowest BCUT2D eigenvalue weighted by atomic mass is 10.0. The van der Waals surface area contributed by atoms with Crippen molar-refractivity contribution in [1.29, 1.82) is 5.26 Å². The largest absolute Gasteiger partial charge is 0.326 e. The highest BCUT2D eigenvalue weighted by atomic mass is 19.1. The molecular formula is C30H20F2N6. The van der Waals surface area contributed by atoms with Crippen LogP contribution in [0.2, 0.25) is 0 Å². The van der Waals surface area contributed by atoms with E-state index in [2.05, 4.69) is 26.0 Å². The van der Waals surface area contributed by atoms with Crippen LogP contribution in [0, 0.1) is 23.0 Å². The van der Waals surface area contributed by atoms with Gasteiger partial charge in [-0.05, 0) is 54.1 Å². The lowest BCUT2D eigenvalue weighted by Gasteiger charge is -2.09. The minimum absolute atomic E-state index is 0.280. The highest BCUT2D eigenvalue weighted by molar-refractivity contribution is 5.84. The van der Waals surface area contributed by atoms with Gasteiger partial charge in [0.1, 0.15) is 17.7 Å². The van der Waals surface area contributed by atoms with Crippen molar-refractivity contribution in [2.75, 3.05) is 0 Å². The average Bonchev–Trinajstić information content (AvgIpc) is 2.96. The van der Waals surface area contributed by atoms with Gasteiger partial charge in [0.2, 0.25) is 0 Å². The van der Waals surface area contributed by atoms with Gasteiger partial charge in [0.05, 0.1) is 28.0 Å². The molecule has 0 saturated carbocycles. The first-order chi connectivity index (χ1) is 18.6. The molecule has 2 N–H and O–H groups in total. The van der Waals surface area contributed by atoms with E-state index < -0.39 is 0 Å². The van der Waals surface area contributed by atoms with E-state index in [1.54, 1.807) is 55.1 Å². The summed E-state index contributed by atoms with van der Waals surface area (Å²) in [5, 5.41) is 10.9. The molecule has 184 valence electrons. The summed E-state index contributed by atoms with van der Waals surface area (Å²) in [5.74, 6) is -0.630. The van der Waals surface area contributed by atoms with Gasteiger partial charge in [0.15, 0.2) is 0 Å². The van der Waals surface area contributed by atoms with Crippen molar-refractivity contribution in [3.63, 3.8) is 0 Å². The summed E-state index contributed by atoms with van der Waals surface area (Å²) in [6, 6.07) is 21.8. The molecule has 6 rings (SSSR count). The van der Waals surface area contributed by atoms with E-state index in [-0.39, 0.29) is 11.6 Å². The van der Waals surface area contributed by atoms with Crippen molar-refractivity contribution in [2.45, 2.75) is 6.54 Å². The number of nitrogens with zero attached hydrogens (tertiary/aromatic N) is 5. The van der Waals surface area contributed by atoms with Crippen LogP contribution in [0.25, 0.3) is 44.3 Å². The molecule has 0 spiro atoms. The molecule has 2 aromatic carbocycles. The van der Waals surface area contributed by atoms with E-state index in [9.17, 15) is 14.0 Å². The van der Waals surface area contributed by atoms with Crippen molar-refractivity contribution >= 4 is 21.8 Å². The lowest BCUT2D eigenvalue weighted by Crippen LogP contribution is -2.01. The van der Waals surface area contributed by atoms with E-state index in [1.807, 2.05) is 18.2 Å². The molecule has 0 amide bonds. The molecule has 0 aliphatic carbocycles. The van der Waals surface area contributed by atoms with E-state index in [1.165, 1.54) is 24.3 Å². The standard InChI is InChI=1S/C15H12FN3.C15H8FN3/c2*16-13-3-1-2-10(7-13)15-11(8-17)6-12-9-18-5-4-14(12)19-15/h1-7,9H,8,17H2;1-7,9H. The molecule has 0 atom stereocenters. The summed E-state index contributed by atoms with van der Waals surface area (Å²) in [6.45, 7) is 0.351. The summed E-state index contributed by atoms with van der Waals surface area (Å²) in [7, 11) is 0. The van der Waals surface area contributed by atoms with Gasteiger partial charge in [0, 0.05) is 53.2 Å². The number of fused-ring (bicyclic) bond motifs is 2. The lowest BCUT2D eigenvalue weighted by molar-refractivity contribution is 0.628. The Labute approximate surface area is 217 Å². The third kappa shape index (κ3) is 5.19. The molecule has 0 radical (unpaired) electrons. The number of halogens is 2. The fraction of sp³-hybridized carbons (Fsp3) is 0.0333. The van der Waals surface area contributed by atoms with Crippen LogP contribution in [0.4, 0.5) is 8.78 Å². The molecule has 0 fully saturated rings. The van der Waals surface area contributed by atoms with E-state index >= 15 is 0 Å². The van der Waals surface area contributed by atoms with Gasteiger partial charge in [-0.15, -0.1) is 0 Å². The second-order valence-electron chi connectivity index (χ2n) is 8.35. The third-order valence-electron chi connectivity index (χ3n) is 5.85. The smallest absolute Gasteiger partial charge is 0.123 e. The number of nitrogens with two attached hydrogens (primary N) is 1. The maximum absolute atomic E-state index is 13.3. The van der Waals surface area contributed by atoms with Gasteiger partial charge in [-0.25, -0.2) is 18.7 Å². The number of aromatic nitrogens is 4. The molecule has 0 aliphatic heterocycles. The van der Waals surface area contributed by atoms with E-state index in [0.717, 1.165) is 38.6 Å². The molecule has 8 heteroatoms. The topological polar surface area (TPSA) is 101 Å². The Balaban J connectivity index is 0.000000155. The highest BCUT2D eigenvalue weighted by Crippen LogP contribution is 2.26. The van der Waals surface area contributed by atoms with Gasteiger partial charge in [-0.3, -0.25) is 9.97 Å². The van der Waals surface area contributed by atoms with Gasteiger partial charge < -0.3 is 5.73 Å². The molecule has 38 heavy (non-hydrogen) atoms. The zero-order valence-electron chi connectivity index (χ0n) is 20.0. The Hall–Kier alpha value is -5.13. The van der Waals surface area contributed by atoms with Crippen LogP contribution in [-0.2, 0) is 6.54 Å². The molecule has 0 aliphatic rings. The SMILES string of the molecule is N#Cc1cc2cnccc2nc1-c1cccc(F)c1.NCc1cc2cnccc2nc1-c1cccc(F)c1. The quantitative estimate of drug-likeness (QED) is 0.309. The van der Waals surface area contributed by atoms with E-state index in [4.69, 9.17) is 5.73 Å². The fourth-order valence-electron chi connectivity index (χ4n) is 4.06. The minimum Gasteiger partial charge on any atom is -0.326 e. The monoisotopic (exact) mass is 502 g/mol. The Morgan fingerprint density at radius 3 is 1.82 bits per heavy atom. The van der Waals surface area contributed by atoms with Crippen LogP contribution in [0.1, 0.15) is 11.1 Å². The van der Waals surface area contributed by atoms with Crippen LogP contribution >= 0.6 is 0 Å². The average molecular weight is 503 g/mol. The van der Waals surface area contributed by atoms with Crippen molar-refractivity contribution in [3.8, 4) is 28.6 Å². The molecule has 0 saturated heterocycles. The Kier molecular flexibility index (Phi) is 7.02. The summed E-state index contributed by atoms with van der Waals surface area (Å²) in [6.07, 6.45) is 6.72. The third-order valence-corrected chi connectivity index (χ3v) is 5.85. The first-order valence-corrected chi connectivity index (χ1v) is 11.7. The molecule has 6 aromatic rings. The highest BCUT2D eigenvalue weighted by Gasteiger charge is 2.10. The number of benzene rings is 2. The predicted octanol–water partition coefficient (Wildman–Crippen LogP) is 6.20. The van der Waals surface area contributed by atoms with Crippen molar-refractivity contribution < 1.29 is 8.78 Å². The maximum Gasteiger partial charge on any atom is 0.123 e. The summed E-state index contributed by atoms with van der Waals surface area (Å²) in [4.78, 5) is 17.1. The van der Waals surface area contributed by atoms with Crippen molar-refractivity contribution in [3.05, 3.63) is 120 Å². The summed E-state index contributed by atoms with van der Waals surface area (Å²) >= 11 is 0. The number of hydrogen-bond donors (Lipinski definition) is 1. The second kappa shape index (κ2) is 10.9. The van der Waals surface area contributed by atoms with Crippen LogP contribution < -0.4 is 5.73 Å². The number of hydrogen-bond acceptors (Lipinski definition) is 6. The molecule has 0 bridgehead atoms. The number of nitriles is 1. The van der Waals surface area contributed by atoms with Gasteiger partial charge in [-0.2, -0.15) is 5.26 Å². The summed E-state index contributed by atoms with van der Waals surface area (Å²) < 4.78 is 26.6. The van der Waals surface area contributed by atoms with Gasteiger partial charge in [0.25, 0.3) is 0 Å². The second-order valence-corrected chi connectivity index (χ2v) is 8.35. The zero-order valence-corrected chi connectivity index (χ0v) is 20.0. The fourth-order valence-corrected chi connectivity index (χ4v) is 4.06. The normalized spacial score (nSPS) is 10.6. The van der Waals surface area contributed by atoms with E-state index in [0.29, 0.717) is 23.4 Å². The van der Waals surface area contributed by atoms with Crippen molar-refractivity contribution in [1.82, 2.24) is 19.9 Å². The Morgan fingerprint density at radius 1 is 0.711 bits per heavy atom.